The normalized spacial score (nSPS) is 19.7. The van der Waals surface area contributed by atoms with E-state index in [-0.39, 0.29) is 24.1 Å². The van der Waals surface area contributed by atoms with Crippen LogP contribution in [-0.2, 0) is 4.79 Å². The first kappa shape index (κ1) is 27.0. The Morgan fingerprint density at radius 2 is 1.87 bits per heavy atom. The Balaban J connectivity index is 1.67. The lowest BCUT2D eigenvalue weighted by Gasteiger charge is -2.37. The fourth-order valence-electron chi connectivity index (χ4n) is 5.28. The molecule has 1 N–H and O–H groups in total. The van der Waals surface area contributed by atoms with E-state index in [0.717, 1.165) is 34.8 Å². The predicted molar refractivity (Wildman–Crippen MR) is 155 cm³/mol. The molecule has 2 aliphatic rings. The van der Waals surface area contributed by atoms with Crippen LogP contribution in [0.15, 0.2) is 71.7 Å². The van der Waals surface area contributed by atoms with E-state index in [2.05, 4.69) is 46.3 Å². The van der Waals surface area contributed by atoms with Gasteiger partial charge in [-0.25, -0.2) is 0 Å². The minimum atomic E-state index is -0.188. The lowest BCUT2D eigenvalue weighted by atomic mass is 9.93. The highest BCUT2D eigenvalue weighted by molar-refractivity contribution is 6.30. The van der Waals surface area contributed by atoms with Crippen LogP contribution >= 0.6 is 11.6 Å². The van der Waals surface area contributed by atoms with E-state index in [0.29, 0.717) is 30.5 Å². The number of benzene rings is 3. The Hall–Kier alpha value is -3.55. The molecule has 2 aliphatic heterocycles. The Bertz CT molecular complexity index is 1360. The van der Waals surface area contributed by atoms with Crippen LogP contribution in [0.3, 0.4) is 0 Å². The van der Waals surface area contributed by atoms with Crippen molar-refractivity contribution >= 4 is 23.3 Å². The minimum absolute atomic E-state index is 0.0308. The molecule has 0 saturated carbocycles. The standard InChI is InChI=1S/C31H35ClN4O3/c1-20(2)39-27-17-25(38-4)12-13-26(27)31-34-29(22-8-10-24(32)11-9-22)30(23-7-5-6-21(3)16-23)36(31)19-35-15-14-33-28(37)18-35/h5-13,16-17,20,29-30H,14-15,18-19H2,1-4H3,(H,33,37)/t29-,30+/m0/s1. The molecule has 3 aromatic carbocycles. The number of carbonyl (C=O) groups excluding carboxylic acids is 1. The fraction of sp³-hybridized carbons (Fsp3) is 0.355. The van der Waals surface area contributed by atoms with Crippen LogP contribution in [-0.4, -0.2) is 61.1 Å². The molecule has 0 radical (unpaired) electrons. The highest BCUT2D eigenvalue weighted by Gasteiger charge is 2.41. The number of aryl methyl sites for hydroxylation is 1. The Labute approximate surface area is 235 Å². The molecule has 204 valence electrons. The first-order valence-electron chi connectivity index (χ1n) is 13.3. The van der Waals surface area contributed by atoms with Crippen LogP contribution in [0.1, 0.15) is 48.2 Å². The molecule has 8 heteroatoms. The number of nitrogens with one attached hydrogen (secondary N) is 1. The Morgan fingerprint density at radius 1 is 1.08 bits per heavy atom. The third-order valence-corrected chi connectivity index (χ3v) is 7.28. The molecule has 0 aliphatic carbocycles. The molecule has 0 bridgehead atoms. The average Bonchev–Trinajstić information content (AvgIpc) is 3.27. The third kappa shape index (κ3) is 6.05. The van der Waals surface area contributed by atoms with Crippen LogP contribution < -0.4 is 14.8 Å². The highest BCUT2D eigenvalue weighted by atomic mass is 35.5. The summed E-state index contributed by atoms with van der Waals surface area (Å²) in [5.41, 5.74) is 4.30. The van der Waals surface area contributed by atoms with Gasteiger partial charge >= 0.3 is 0 Å². The van der Waals surface area contributed by atoms with E-state index >= 15 is 0 Å². The van der Waals surface area contributed by atoms with Crippen molar-refractivity contribution in [3.05, 3.63) is 94.0 Å². The molecule has 39 heavy (non-hydrogen) atoms. The smallest absolute Gasteiger partial charge is 0.234 e. The lowest BCUT2D eigenvalue weighted by molar-refractivity contribution is -0.124. The monoisotopic (exact) mass is 546 g/mol. The number of hydrogen-bond acceptors (Lipinski definition) is 6. The van der Waals surface area contributed by atoms with Gasteiger partial charge in [-0.1, -0.05) is 53.6 Å². The topological polar surface area (TPSA) is 66.4 Å². The van der Waals surface area contributed by atoms with Crippen LogP contribution in [0.2, 0.25) is 5.02 Å². The lowest BCUT2D eigenvalue weighted by Crippen LogP contribution is -2.52. The van der Waals surface area contributed by atoms with Crippen molar-refractivity contribution in [2.45, 2.75) is 39.0 Å². The molecule has 7 nitrogen and oxygen atoms in total. The second-order valence-electron chi connectivity index (χ2n) is 10.4. The maximum atomic E-state index is 12.3. The van der Waals surface area contributed by atoms with Gasteiger partial charge in [0.1, 0.15) is 23.4 Å². The quantitative estimate of drug-likeness (QED) is 0.411. The number of nitrogens with zero attached hydrogens (tertiary/aromatic N) is 3. The molecule has 5 rings (SSSR count). The van der Waals surface area contributed by atoms with Crippen molar-refractivity contribution in [3.8, 4) is 11.5 Å². The summed E-state index contributed by atoms with van der Waals surface area (Å²) in [6, 6.07) is 22.1. The summed E-state index contributed by atoms with van der Waals surface area (Å²) in [7, 11) is 1.65. The second kappa shape index (κ2) is 11.7. The fourth-order valence-corrected chi connectivity index (χ4v) is 5.41. The number of piperazine rings is 1. The first-order chi connectivity index (χ1) is 18.8. The molecule has 0 aromatic heterocycles. The molecular weight excluding hydrogens is 512 g/mol. The maximum absolute atomic E-state index is 12.3. The van der Waals surface area contributed by atoms with Crippen molar-refractivity contribution in [1.29, 1.82) is 0 Å². The van der Waals surface area contributed by atoms with Crippen molar-refractivity contribution < 1.29 is 14.3 Å². The summed E-state index contributed by atoms with van der Waals surface area (Å²) in [6.45, 7) is 8.40. The zero-order valence-electron chi connectivity index (χ0n) is 22.9. The second-order valence-corrected chi connectivity index (χ2v) is 10.8. The SMILES string of the molecule is COc1ccc(C2=N[C@@H](c3ccc(Cl)cc3)[C@@H](c3cccc(C)c3)N2CN2CCNC(=O)C2)c(OC(C)C)c1. The molecule has 0 unspecified atom stereocenters. The minimum Gasteiger partial charge on any atom is -0.497 e. The van der Waals surface area contributed by atoms with E-state index in [1.54, 1.807) is 7.11 Å². The summed E-state index contributed by atoms with van der Waals surface area (Å²) >= 11 is 6.27. The van der Waals surface area contributed by atoms with E-state index in [1.165, 1.54) is 5.56 Å². The molecule has 1 fully saturated rings. The van der Waals surface area contributed by atoms with Gasteiger partial charge in [-0.05, 0) is 56.2 Å². The van der Waals surface area contributed by atoms with Gasteiger partial charge in [-0.2, -0.15) is 0 Å². The molecule has 2 atom stereocenters. The molecule has 1 saturated heterocycles. The van der Waals surface area contributed by atoms with Crippen molar-refractivity contribution in [2.24, 2.45) is 4.99 Å². The van der Waals surface area contributed by atoms with Gasteiger partial charge in [0.05, 0.1) is 38.0 Å². The molecule has 3 aromatic rings. The molecule has 2 heterocycles. The number of halogens is 1. The summed E-state index contributed by atoms with van der Waals surface area (Å²) in [6.07, 6.45) is -0.0308. The third-order valence-electron chi connectivity index (χ3n) is 7.03. The summed E-state index contributed by atoms with van der Waals surface area (Å²) in [4.78, 5) is 22.2. The van der Waals surface area contributed by atoms with Crippen molar-refractivity contribution in [2.75, 3.05) is 33.4 Å². The highest BCUT2D eigenvalue weighted by Crippen LogP contribution is 2.45. The van der Waals surface area contributed by atoms with E-state index in [4.69, 9.17) is 26.1 Å². The number of hydrogen-bond donors (Lipinski definition) is 1. The van der Waals surface area contributed by atoms with Gasteiger partial charge in [-0.3, -0.25) is 14.7 Å². The van der Waals surface area contributed by atoms with Crippen molar-refractivity contribution in [1.82, 2.24) is 15.1 Å². The van der Waals surface area contributed by atoms with Gasteiger partial charge in [0.25, 0.3) is 0 Å². The summed E-state index contributed by atoms with van der Waals surface area (Å²) in [5.74, 6) is 2.29. The van der Waals surface area contributed by atoms with E-state index in [1.807, 2.05) is 56.3 Å². The molecular formula is C31H35ClN4O3. The first-order valence-corrected chi connectivity index (χ1v) is 13.7. The summed E-state index contributed by atoms with van der Waals surface area (Å²) in [5, 5.41) is 3.62. The number of methoxy groups -OCH3 is 1. The zero-order valence-corrected chi connectivity index (χ0v) is 23.6. The zero-order chi connectivity index (χ0) is 27.5. The average molecular weight is 547 g/mol. The van der Waals surface area contributed by atoms with Gasteiger partial charge in [0.15, 0.2) is 0 Å². The number of aliphatic imine (C=N–C) groups is 1. The molecule has 0 spiro atoms. The number of rotatable bonds is 8. The van der Waals surface area contributed by atoms with Gasteiger partial charge in [0, 0.05) is 24.2 Å². The van der Waals surface area contributed by atoms with E-state index < -0.39 is 0 Å². The van der Waals surface area contributed by atoms with Gasteiger partial charge < -0.3 is 19.7 Å². The van der Waals surface area contributed by atoms with Crippen LogP contribution in [0.4, 0.5) is 0 Å². The van der Waals surface area contributed by atoms with E-state index in [9.17, 15) is 4.79 Å². The predicted octanol–water partition coefficient (Wildman–Crippen LogP) is 5.38. The summed E-state index contributed by atoms with van der Waals surface area (Å²) < 4.78 is 11.8. The number of carbonyl (C=O) groups is 1. The van der Waals surface area contributed by atoms with Gasteiger partial charge in [-0.15, -0.1) is 0 Å². The Kier molecular flexibility index (Phi) is 8.10. The number of amidine groups is 1. The van der Waals surface area contributed by atoms with Crippen molar-refractivity contribution in [3.63, 3.8) is 0 Å². The number of ether oxygens (including phenoxy) is 2. The largest absolute Gasteiger partial charge is 0.497 e. The molecule has 1 amide bonds. The van der Waals surface area contributed by atoms with Crippen LogP contribution in [0, 0.1) is 6.92 Å². The van der Waals surface area contributed by atoms with Crippen LogP contribution in [0.25, 0.3) is 0 Å². The van der Waals surface area contributed by atoms with Crippen LogP contribution in [0.5, 0.6) is 11.5 Å². The maximum Gasteiger partial charge on any atom is 0.234 e. The van der Waals surface area contributed by atoms with Gasteiger partial charge in [0.2, 0.25) is 5.91 Å². The Morgan fingerprint density at radius 3 is 2.56 bits per heavy atom. The number of amides is 1.